The second-order valence-corrected chi connectivity index (χ2v) is 5.67. The Kier molecular flexibility index (Phi) is 5.31. The lowest BCUT2D eigenvalue weighted by atomic mass is 10.0. The molecule has 20 heavy (non-hydrogen) atoms. The van der Waals surface area contributed by atoms with Gasteiger partial charge in [0.2, 0.25) is 0 Å². The molecular weight excluding hydrogens is 316 g/mol. The second-order valence-electron chi connectivity index (χ2n) is 4.81. The molecule has 108 valence electrons. The van der Waals surface area contributed by atoms with Crippen LogP contribution in [0.25, 0.3) is 0 Å². The largest absolute Gasteiger partial charge is 0.305 e. The van der Waals surface area contributed by atoms with Crippen LogP contribution < -0.4 is 5.32 Å². The van der Waals surface area contributed by atoms with Crippen molar-refractivity contribution in [1.29, 1.82) is 0 Å². The van der Waals surface area contributed by atoms with Crippen molar-refractivity contribution in [3.05, 3.63) is 46.0 Å². The van der Waals surface area contributed by atoms with E-state index in [0.717, 1.165) is 29.7 Å². The topological polar surface area (TPSA) is 42.7 Å². The van der Waals surface area contributed by atoms with Crippen LogP contribution in [0.2, 0.25) is 0 Å². The van der Waals surface area contributed by atoms with Crippen LogP contribution in [0.3, 0.4) is 0 Å². The summed E-state index contributed by atoms with van der Waals surface area (Å²) in [7, 11) is 0. The Morgan fingerprint density at radius 1 is 1.40 bits per heavy atom. The molecule has 0 saturated heterocycles. The van der Waals surface area contributed by atoms with Crippen molar-refractivity contribution in [3.63, 3.8) is 0 Å². The van der Waals surface area contributed by atoms with Gasteiger partial charge in [-0.15, -0.1) is 0 Å². The van der Waals surface area contributed by atoms with Gasteiger partial charge in [0.15, 0.2) is 0 Å². The first kappa shape index (κ1) is 15.2. The maximum absolute atomic E-state index is 4.43. The van der Waals surface area contributed by atoms with Crippen molar-refractivity contribution in [2.45, 2.75) is 39.8 Å². The lowest BCUT2D eigenvalue weighted by Gasteiger charge is -2.21. The average molecular weight is 337 g/mol. The fourth-order valence-electron chi connectivity index (χ4n) is 2.32. The number of aromatic nitrogens is 3. The molecule has 1 N–H and O–H groups in total. The van der Waals surface area contributed by atoms with Gasteiger partial charge in [-0.2, -0.15) is 5.10 Å². The molecule has 4 nitrogen and oxygen atoms in total. The number of hydrogen-bond donors (Lipinski definition) is 1. The van der Waals surface area contributed by atoms with Crippen LogP contribution in [-0.2, 0) is 6.54 Å². The number of rotatable bonds is 6. The minimum absolute atomic E-state index is 0.133. The zero-order chi connectivity index (χ0) is 14.5. The number of pyridine rings is 1. The number of nitrogens with one attached hydrogen (secondary N) is 1. The Morgan fingerprint density at radius 2 is 2.20 bits per heavy atom. The van der Waals surface area contributed by atoms with E-state index in [-0.39, 0.29) is 6.04 Å². The minimum Gasteiger partial charge on any atom is -0.305 e. The summed E-state index contributed by atoms with van der Waals surface area (Å²) in [6.07, 6.45) is 4.83. The van der Waals surface area contributed by atoms with Gasteiger partial charge in [0.05, 0.1) is 22.4 Å². The minimum atomic E-state index is 0.133. The smallest absolute Gasteiger partial charge is 0.0761 e. The monoisotopic (exact) mass is 336 g/mol. The van der Waals surface area contributed by atoms with Crippen LogP contribution in [0.4, 0.5) is 0 Å². The van der Waals surface area contributed by atoms with E-state index in [1.807, 2.05) is 24.0 Å². The molecule has 2 aromatic heterocycles. The maximum Gasteiger partial charge on any atom is 0.0761 e. The third kappa shape index (κ3) is 3.27. The highest BCUT2D eigenvalue weighted by atomic mass is 79.9. The van der Waals surface area contributed by atoms with Gasteiger partial charge in [-0.25, -0.2) is 0 Å². The molecule has 2 rings (SSSR count). The zero-order valence-corrected chi connectivity index (χ0v) is 13.8. The third-order valence-corrected chi connectivity index (χ3v) is 3.87. The van der Waals surface area contributed by atoms with Crippen LogP contribution in [-0.4, -0.2) is 21.3 Å². The molecule has 1 unspecified atom stereocenters. The first-order chi connectivity index (χ1) is 9.67. The molecule has 0 radical (unpaired) electrons. The summed E-state index contributed by atoms with van der Waals surface area (Å²) < 4.78 is 3.08. The number of halogens is 1. The molecule has 0 saturated carbocycles. The van der Waals surface area contributed by atoms with E-state index in [2.05, 4.69) is 57.3 Å². The van der Waals surface area contributed by atoms with Crippen molar-refractivity contribution in [2.75, 3.05) is 6.54 Å². The van der Waals surface area contributed by atoms with Gasteiger partial charge in [-0.05, 0) is 60.4 Å². The molecular formula is C15H21BrN4. The Balaban J connectivity index is 2.44. The van der Waals surface area contributed by atoms with Gasteiger partial charge < -0.3 is 5.32 Å². The van der Waals surface area contributed by atoms with E-state index in [4.69, 9.17) is 0 Å². The fourth-order valence-corrected chi connectivity index (χ4v) is 2.84. The highest BCUT2D eigenvalue weighted by Gasteiger charge is 2.21. The normalized spacial score (nSPS) is 12.6. The predicted octanol–water partition coefficient (Wildman–Crippen LogP) is 3.46. The lowest BCUT2D eigenvalue weighted by Crippen LogP contribution is -2.26. The number of aryl methyl sites for hydroxylation is 2. The molecule has 1 atom stereocenters. The van der Waals surface area contributed by atoms with Gasteiger partial charge in [0, 0.05) is 18.4 Å². The predicted molar refractivity (Wildman–Crippen MR) is 84.7 cm³/mol. The van der Waals surface area contributed by atoms with Crippen LogP contribution >= 0.6 is 15.9 Å². The standard InChI is InChI=1S/C15H21BrN4/c1-4-7-18-14(12-6-8-17-11(3)9-12)15-13(16)10-19-20(15)5-2/h6,8-10,14,18H,4-5,7H2,1-3H3. The number of nitrogens with zero attached hydrogens (tertiary/aromatic N) is 3. The molecule has 2 aromatic rings. The molecule has 0 amide bonds. The van der Waals surface area contributed by atoms with Gasteiger partial charge >= 0.3 is 0 Å². The van der Waals surface area contributed by atoms with Crippen molar-refractivity contribution in [1.82, 2.24) is 20.1 Å². The summed E-state index contributed by atoms with van der Waals surface area (Å²) in [5.41, 5.74) is 3.43. The Bertz CT molecular complexity index is 565. The van der Waals surface area contributed by atoms with Crippen LogP contribution in [0.15, 0.2) is 29.0 Å². The van der Waals surface area contributed by atoms with E-state index < -0.39 is 0 Å². The summed E-state index contributed by atoms with van der Waals surface area (Å²) >= 11 is 3.63. The lowest BCUT2D eigenvalue weighted by molar-refractivity contribution is 0.527. The average Bonchev–Trinajstić information content (AvgIpc) is 2.81. The molecule has 0 spiro atoms. The van der Waals surface area contributed by atoms with E-state index in [1.54, 1.807) is 0 Å². The van der Waals surface area contributed by atoms with E-state index in [0.29, 0.717) is 0 Å². The Hall–Kier alpha value is -1.20. The molecule has 0 aromatic carbocycles. The maximum atomic E-state index is 4.43. The third-order valence-electron chi connectivity index (χ3n) is 3.26. The highest BCUT2D eigenvalue weighted by molar-refractivity contribution is 9.10. The molecule has 0 fully saturated rings. The van der Waals surface area contributed by atoms with Gasteiger partial charge in [0.25, 0.3) is 0 Å². The molecule has 2 heterocycles. The first-order valence-electron chi connectivity index (χ1n) is 7.04. The molecule has 0 aliphatic rings. The molecule has 0 bridgehead atoms. The number of hydrogen-bond acceptors (Lipinski definition) is 3. The van der Waals surface area contributed by atoms with Crippen molar-refractivity contribution >= 4 is 15.9 Å². The summed E-state index contributed by atoms with van der Waals surface area (Å²) in [5, 5.41) is 8.04. The molecule has 0 aliphatic carbocycles. The second kappa shape index (κ2) is 6.99. The highest BCUT2D eigenvalue weighted by Crippen LogP contribution is 2.28. The van der Waals surface area contributed by atoms with Crippen molar-refractivity contribution in [2.24, 2.45) is 0 Å². The summed E-state index contributed by atoms with van der Waals surface area (Å²) in [6.45, 7) is 8.13. The molecule has 0 aliphatic heterocycles. The summed E-state index contributed by atoms with van der Waals surface area (Å²) in [6, 6.07) is 4.33. The van der Waals surface area contributed by atoms with Crippen molar-refractivity contribution in [3.8, 4) is 0 Å². The van der Waals surface area contributed by atoms with Gasteiger partial charge in [0.1, 0.15) is 0 Å². The summed E-state index contributed by atoms with van der Waals surface area (Å²) in [5.74, 6) is 0. The van der Waals surface area contributed by atoms with Crippen LogP contribution in [0, 0.1) is 6.92 Å². The van der Waals surface area contributed by atoms with Crippen LogP contribution in [0.1, 0.15) is 43.3 Å². The summed E-state index contributed by atoms with van der Waals surface area (Å²) in [4.78, 5) is 4.29. The zero-order valence-electron chi connectivity index (χ0n) is 12.2. The van der Waals surface area contributed by atoms with Crippen molar-refractivity contribution < 1.29 is 0 Å². The Labute approximate surface area is 128 Å². The van der Waals surface area contributed by atoms with Crippen LogP contribution in [0.5, 0.6) is 0 Å². The van der Waals surface area contributed by atoms with Gasteiger partial charge in [-0.3, -0.25) is 9.67 Å². The van der Waals surface area contributed by atoms with E-state index in [9.17, 15) is 0 Å². The van der Waals surface area contributed by atoms with E-state index in [1.165, 1.54) is 11.3 Å². The first-order valence-corrected chi connectivity index (χ1v) is 7.83. The Morgan fingerprint density at radius 3 is 2.85 bits per heavy atom. The van der Waals surface area contributed by atoms with E-state index >= 15 is 0 Å². The SMILES string of the molecule is CCCNC(c1ccnc(C)c1)c1c(Br)cnn1CC. The fraction of sp³-hybridized carbons (Fsp3) is 0.467. The quantitative estimate of drug-likeness (QED) is 0.878. The van der Waals surface area contributed by atoms with Gasteiger partial charge in [-0.1, -0.05) is 6.92 Å². The molecule has 5 heteroatoms.